The van der Waals surface area contributed by atoms with E-state index in [0.717, 1.165) is 0 Å². The summed E-state index contributed by atoms with van der Waals surface area (Å²) >= 11 is 0. The van der Waals surface area contributed by atoms with Gasteiger partial charge in [-0.2, -0.15) is 0 Å². The molecule has 1 N–H and O–H groups in total. The molecule has 114 valence electrons. The normalized spacial score (nSPS) is 13.1. The quantitative estimate of drug-likeness (QED) is 0.744. The van der Waals surface area contributed by atoms with E-state index in [1.165, 1.54) is 14.2 Å². The third-order valence-corrected chi connectivity index (χ3v) is 4.75. The van der Waals surface area contributed by atoms with Crippen LogP contribution in [0, 0.1) is 0 Å². The van der Waals surface area contributed by atoms with Crippen LogP contribution in [0.3, 0.4) is 0 Å². The Kier molecular flexibility index (Phi) is 6.49. The molecule has 0 amide bonds. The zero-order valence-electron chi connectivity index (χ0n) is 12.2. The molecule has 0 radical (unpaired) electrons. The maximum atomic E-state index is 12.6. The van der Waals surface area contributed by atoms with Crippen LogP contribution >= 0.6 is 7.60 Å². The molecule has 0 aliphatic carbocycles. The van der Waals surface area contributed by atoms with Gasteiger partial charge in [-0.3, -0.25) is 4.57 Å². The first kappa shape index (κ1) is 17.0. The van der Waals surface area contributed by atoms with Crippen LogP contribution in [0.25, 0.3) is 0 Å². The van der Waals surface area contributed by atoms with Crippen molar-refractivity contribution < 1.29 is 28.2 Å². The highest BCUT2D eigenvalue weighted by Gasteiger charge is 2.37. The van der Waals surface area contributed by atoms with Crippen molar-refractivity contribution in [3.63, 3.8) is 0 Å². The number of aliphatic hydroxyl groups excluding tert-OH is 1. The zero-order chi connectivity index (χ0) is 15.2. The second-order valence-electron chi connectivity index (χ2n) is 3.86. The first-order chi connectivity index (χ1) is 9.52. The smallest absolute Gasteiger partial charge is 0.363 e. The Balaban J connectivity index is 3.17. The second-order valence-corrected chi connectivity index (χ2v) is 5.94. The predicted octanol–water partition coefficient (Wildman–Crippen LogP) is 2.96. The summed E-state index contributed by atoms with van der Waals surface area (Å²) in [4.78, 5) is 0. The molecule has 0 saturated heterocycles. The summed E-state index contributed by atoms with van der Waals surface area (Å²) in [5, 5.41) is 10.3. The fourth-order valence-electron chi connectivity index (χ4n) is 1.74. The Morgan fingerprint density at radius 3 is 2.20 bits per heavy atom. The van der Waals surface area contributed by atoms with Crippen molar-refractivity contribution in [2.24, 2.45) is 0 Å². The number of hydrogen-bond acceptors (Lipinski definition) is 6. The van der Waals surface area contributed by atoms with Gasteiger partial charge in [0.2, 0.25) is 0 Å². The molecule has 0 aliphatic heterocycles. The molecular formula is C13H21O6P. The molecule has 1 aromatic carbocycles. The van der Waals surface area contributed by atoms with Gasteiger partial charge in [-0.25, -0.2) is 0 Å². The highest BCUT2D eigenvalue weighted by molar-refractivity contribution is 7.54. The van der Waals surface area contributed by atoms with Gasteiger partial charge < -0.3 is 23.6 Å². The Morgan fingerprint density at radius 2 is 1.75 bits per heavy atom. The van der Waals surface area contributed by atoms with Gasteiger partial charge in [0.1, 0.15) is 11.5 Å². The number of hydrogen-bond donors (Lipinski definition) is 1. The lowest BCUT2D eigenvalue weighted by Crippen LogP contribution is -2.07. The number of benzene rings is 1. The van der Waals surface area contributed by atoms with Crippen LogP contribution in [-0.4, -0.2) is 32.5 Å². The lowest BCUT2D eigenvalue weighted by molar-refractivity contribution is 0.148. The van der Waals surface area contributed by atoms with Gasteiger partial charge in [-0.05, 0) is 26.0 Å². The fraction of sp³-hybridized carbons (Fsp3) is 0.538. The summed E-state index contributed by atoms with van der Waals surface area (Å²) in [6, 6.07) is 4.82. The van der Waals surface area contributed by atoms with Crippen LogP contribution in [0.15, 0.2) is 18.2 Å². The van der Waals surface area contributed by atoms with Gasteiger partial charge in [-0.1, -0.05) is 0 Å². The van der Waals surface area contributed by atoms with Crippen molar-refractivity contribution in [1.82, 2.24) is 0 Å². The average Bonchev–Trinajstić information content (AvgIpc) is 2.46. The van der Waals surface area contributed by atoms with E-state index in [1.807, 2.05) is 0 Å². The standard InChI is InChI=1S/C13H21O6P/c1-5-18-20(15,19-6-2)13(14)11-8-7-10(16-3)9-12(11)17-4/h7-9,13-14H,5-6H2,1-4H3/t13-/m1/s1. The molecule has 0 spiro atoms. The van der Waals surface area contributed by atoms with Crippen molar-refractivity contribution in [1.29, 1.82) is 0 Å². The van der Waals surface area contributed by atoms with Gasteiger partial charge in [0.25, 0.3) is 0 Å². The third-order valence-electron chi connectivity index (χ3n) is 2.64. The maximum Gasteiger partial charge on any atom is 0.363 e. The van der Waals surface area contributed by atoms with E-state index in [2.05, 4.69) is 0 Å². The number of methoxy groups -OCH3 is 2. The predicted molar refractivity (Wildman–Crippen MR) is 75.4 cm³/mol. The molecule has 0 fully saturated rings. The van der Waals surface area contributed by atoms with Gasteiger partial charge in [0.05, 0.1) is 27.4 Å². The van der Waals surface area contributed by atoms with Gasteiger partial charge in [-0.15, -0.1) is 0 Å². The van der Waals surface area contributed by atoms with E-state index in [-0.39, 0.29) is 13.2 Å². The molecule has 0 saturated carbocycles. The van der Waals surface area contributed by atoms with E-state index in [0.29, 0.717) is 17.1 Å². The highest BCUT2D eigenvalue weighted by Crippen LogP contribution is 2.60. The molecule has 0 heterocycles. The van der Waals surface area contributed by atoms with Crippen molar-refractivity contribution in [3.05, 3.63) is 23.8 Å². The largest absolute Gasteiger partial charge is 0.497 e. The highest BCUT2D eigenvalue weighted by atomic mass is 31.2. The lowest BCUT2D eigenvalue weighted by Gasteiger charge is -2.23. The molecule has 0 unspecified atom stereocenters. The van der Waals surface area contributed by atoms with E-state index in [4.69, 9.17) is 18.5 Å². The molecular weight excluding hydrogens is 283 g/mol. The van der Waals surface area contributed by atoms with Crippen LogP contribution in [0.1, 0.15) is 25.3 Å². The third kappa shape index (κ3) is 3.73. The van der Waals surface area contributed by atoms with Crippen LogP contribution in [-0.2, 0) is 13.6 Å². The summed E-state index contributed by atoms with van der Waals surface area (Å²) in [6.07, 6.45) is 0. The minimum Gasteiger partial charge on any atom is -0.497 e. The van der Waals surface area contributed by atoms with Crippen molar-refractivity contribution in [2.75, 3.05) is 27.4 Å². The van der Waals surface area contributed by atoms with Gasteiger partial charge >= 0.3 is 7.60 Å². The van der Waals surface area contributed by atoms with Crippen LogP contribution in [0.5, 0.6) is 11.5 Å². The summed E-state index contributed by atoms with van der Waals surface area (Å²) in [5.41, 5.74) is 0.332. The zero-order valence-corrected chi connectivity index (χ0v) is 13.1. The maximum absolute atomic E-state index is 12.6. The summed E-state index contributed by atoms with van der Waals surface area (Å²) < 4.78 is 33.1. The Labute approximate surface area is 119 Å². The number of aliphatic hydroxyl groups is 1. The Hall–Kier alpha value is -1.07. The summed E-state index contributed by atoms with van der Waals surface area (Å²) in [5.74, 6) is -0.486. The number of ether oxygens (including phenoxy) is 2. The molecule has 20 heavy (non-hydrogen) atoms. The van der Waals surface area contributed by atoms with E-state index >= 15 is 0 Å². The van der Waals surface area contributed by atoms with E-state index in [1.54, 1.807) is 32.0 Å². The molecule has 6 nitrogen and oxygen atoms in total. The van der Waals surface area contributed by atoms with Gasteiger partial charge in [0, 0.05) is 11.6 Å². The molecule has 7 heteroatoms. The van der Waals surface area contributed by atoms with Crippen LogP contribution < -0.4 is 9.47 Å². The number of rotatable bonds is 8. The fourth-order valence-corrected chi connectivity index (χ4v) is 3.37. The molecule has 0 bridgehead atoms. The van der Waals surface area contributed by atoms with Crippen LogP contribution in [0.2, 0.25) is 0 Å². The first-order valence-electron chi connectivity index (χ1n) is 6.31. The molecule has 0 aromatic heterocycles. The first-order valence-corrected chi connectivity index (χ1v) is 7.92. The minimum absolute atomic E-state index is 0.173. The molecule has 1 atom stereocenters. The summed E-state index contributed by atoms with van der Waals surface area (Å²) in [7, 11) is -0.682. The Morgan fingerprint density at radius 1 is 1.15 bits per heavy atom. The molecule has 1 rings (SSSR count). The minimum atomic E-state index is -3.66. The molecule has 0 aliphatic rings. The molecule has 1 aromatic rings. The topological polar surface area (TPSA) is 74.2 Å². The van der Waals surface area contributed by atoms with Crippen molar-refractivity contribution in [3.8, 4) is 11.5 Å². The van der Waals surface area contributed by atoms with Gasteiger partial charge in [0.15, 0.2) is 5.85 Å². The monoisotopic (exact) mass is 304 g/mol. The second kappa shape index (κ2) is 7.64. The van der Waals surface area contributed by atoms with Crippen LogP contribution in [0.4, 0.5) is 0 Å². The van der Waals surface area contributed by atoms with Crippen molar-refractivity contribution >= 4 is 7.60 Å². The van der Waals surface area contributed by atoms with E-state index in [9.17, 15) is 9.67 Å². The average molecular weight is 304 g/mol. The Bertz CT molecular complexity index is 466. The SMILES string of the molecule is CCOP(=O)(OCC)[C@@H](O)c1ccc(OC)cc1OC. The van der Waals surface area contributed by atoms with Crippen molar-refractivity contribution in [2.45, 2.75) is 19.7 Å². The summed E-state index contributed by atoms with van der Waals surface area (Å²) in [6.45, 7) is 3.72. The van der Waals surface area contributed by atoms with E-state index < -0.39 is 13.4 Å². The lowest BCUT2D eigenvalue weighted by atomic mass is 10.2.